The van der Waals surface area contributed by atoms with Gasteiger partial charge in [-0.1, -0.05) is 30.3 Å². The van der Waals surface area contributed by atoms with E-state index in [1.54, 1.807) is 17.0 Å². The molecule has 28 heavy (non-hydrogen) atoms. The van der Waals surface area contributed by atoms with Crippen molar-refractivity contribution in [2.24, 2.45) is 5.73 Å². The molecular formula is C21H25N3O3S. The lowest BCUT2D eigenvalue weighted by Crippen LogP contribution is -2.35. The summed E-state index contributed by atoms with van der Waals surface area (Å²) in [5.74, 6) is 0.0802. The molecule has 2 heterocycles. The van der Waals surface area contributed by atoms with Gasteiger partial charge in [-0.2, -0.15) is 0 Å². The molecule has 1 amide bonds. The van der Waals surface area contributed by atoms with Crippen LogP contribution in [0.4, 0.5) is 5.69 Å². The normalized spacial score (nSPS) is 22.2. The summed E-state index contributed by atoms with van der Waals surface area (Å²) >= 11 is 0. The summed E-state index contributed by atoms with van der Waals surface area (Å²) in [5, 5.41) is 0. The molecule has 2 aromatic rings. The van der Waals surface area contributed by atoms with Gasteiger partial charge in [0.2, 0.25) is 10.0 Å². The Balaban J connectivity index is 1.56. The maximum Gasteiger partial charge on any atom is 0.253 e. The van der Waals surface area contributed by atoms with Crippen LogP contribution in [0, 0.1) is 0 Å². The van der Waals surface area contributed by atoms with Gasteiger partial charge < -0.3 is 10.6 Å². The van der Waals surface area contributed by atoms with Gasteiger partial charge in [0, 0.05) is 37.2 Å². The molecule has 0 bridgehead atoms. The molecule has 0 saturated carbocycles. The molecule has 0 aliphatic carbocycles. The van der Waals surface area contributed by atoms with Crippen LogP contribution in [0.1, 0.15) is 33.8 Å². The third kappa shape index (κ3) is 3.52. The van der Waals surface area contributed by atoms with E-state index in [0.29, 0.717) is 30.9 Å². The van der Waals surface area contributed by atoms with Crippen LogP contribution in [-0.2, 0) is 16.4 Å². The lowest BCUT2D eigenvalue weighted by atomic mass is 9.95. The first kappa shape index (κ1) is 19.0. The number of likely N-dealkylation sites (tertiary alicyclic amines) is 1. The van der Waals surface area contributed by atoms with Crippen molar-refractivity contribution in [3.63, 3.8) is 0 Å². The van der Waals surface area contributed by atoms with E-state index in [0.717, 1.165) is 24.0 Å². The number of carbonyl (C=O) groups is 1. The SMILES string of the molecule is CS(=O)(=O)N1CCCc2cc(C(=O)N3C[C@@H](N)[C@H](c4ccccc4)C3)ccc21. The molecular weight excluding hydrogens is 374 g/mol. The molecule has 2 N–H and O–H groups in total. The fraction of sp³-hybridized carbons (Fsp3) is 0.381. The summed E-state index contributed by atoms with van der Waals surface area (Å²) in [6, 6.07) is 15.3. The first-order chi connectivity index (χ1) is 13.3. The Bertz CT molecular complexity index is 991. The number of aryl methyl sites for hydroxylation is 1. The fourth-order valence-corrected chi connectivity index (χ4v) is 5.27. The zero-order valence-corrected chi connectivity index (χ0v) is 16.7. The number of rotatable bonds is 3. The van der Waals surface area contributed by atoms with Crippen LogP contribution in [-0.4, -0.2) is 51.2 Å². The second-order valence-electron chi connectivity index (χ2n) is 7.67. The number of carbonyl (C=O) groups excluding carboxylic acids is 1. The van der Waals surface area contributed by atoms with Gasteiger partial charge in [0.25, 0.3) is 5.91 Å². The van der Waals surface area contributed by atoms with Crippen LogP contribution in [0.25, 0.3) is 0 Å². The molecule has 1 saturated heterocycles. The predicted octanol–water partition coefficient (Wildman–Crippen LogP) is 1.97. The highest BCUT2D eigenvalue weighted by atomic mass is 32.2. The average Bonchev–Trinajstić information content (AvgIpc) is 3.08. The van der Waals surface area contributed by atoms with E-state index in [1.165, 1.54) is 10.6 Å². The first-order valence-corrected chi connectivity index (χ1v) is 11.4. The minimum atomic E-state index is -3.31. The molecule has 2 atom stereocenters. The zero-order valence-electron chi connectivity index (χ0n) is 15.9. The third-order valence-corrected chi connectivity index (χ3v) is 6.86. The van der Waals surface area contributed by atoms with Crippen molar-refractivity contribution >= 4 is 21.6 Å². The Hall–Kier alpha value is -2.38. The first-order valence-electron chi connectivity index (χ1n) is 9.55. The van der Waals surface area contributed by atoms with Gasteiger partial charge in [-0.05, 0) is 42.2 Å². The molecule has 0 spiro atoms. The maximum atomic E-state index is 13.1. The Kier molecular flexibility index (Phi) is 4.89. The minimum Gasteiger partial charge on any atom is -0.336 e. The number of fused-ring (bicyclic) bond motifs is 1. The van der Waals surface area contributed by atoms with Crippen molar-refractivity contribution in [2.75, 3.05) is 30.2 Å². The van der Waals surface area contributed by atoms with Gasteiger partial charge in [-0.15, -0.1) is 0 Å². The van der Waals surface area contributed by atoms with E-state index in [-0.39, 0.29) is 17.9 Å². The molecule has 2 aliphatic rings. The maximum absolute atomic E-state index is 13.1. The number of hydrogen-bond donors (Lipinski definition) is 1. The van der Waals surface area contributed by atoms with E-state index >= 15 is 0 Å². The molecule has 4 rings (SSSR count). The predicted molar refractivity (Wildman–Crippen MR) is 110 cm³/mol. The quantitative estimate of drug-likeness (QED) is 0.855. The molecule has 2 aromatic carbocycles. The fourth-order valence-electron chi connectivity index (χ4n) is 4.27. The van der Waals surface area contributed by atoms with Crippen molar-refractivity contribution in [3.05, 3.63) is 65.2 Å². The van der Waals surface area contributed by atoms with Gasteiger partial charge in [0.05, 0.1) is 11.9 Å². The van der Waals surface area contributed by atoms with Crippen LogP contribution in [0.3, 0.4) is 0 Å². The summed E-state index contributed by atoms with van der Waals surface area (Å²) in [5.41, 5.74) is 9.67. The number of benzene rings is 2. The van der Waals surface area contributed by atoms with Crippen LogP contribution in [0.15, 0.2) is 48.5 Å². The monoisotopic (exact) mass is 399 g/mol. The van der Waals surface area contributed by atoms with Crippen LogP contribution in [0.2, 0.25) is 0 Å². The lowest BCUT2D eigenvalue weighted by Gasteiger charge is -2.29. The van der Waals surface area contributed by atoms with Crippen molar-refractivity contribution in [3.8, 4) is 0 Å². The number of sulfonamides is 1. The number of amides is 1. The van der Waals surface area contributed by atoms with Gasteiger partial charge in [0.1, 0.15) is 0 Å². The number of anilines is 1. The highest BCUT2D eigenvalue weighted by Crippen LogP contribution is 2.32. The largest absolute Gasteiger partial charge is 0.336 e. The summed E-state index contributed by atoms with van der Waals surface area (Å²) in [4.78, 5) is 14.9. The summed E-state index contributed by atoms with van der Waals surface area (Å²) in [6.07, 6.45) is 2.74. The van der Waals surface area contributed by atoms with Crippen molar-refractivity contribution in [2.45, 2.75) is 24.8 Å². The Labute approximate surface area is 166 Å². The number of hydrogen-bond acceptors (Lipinski definition) is 4. The van der Waals surface area contributed by atoms with Crippen LogP contribution in [0.5, 0.6) is 0 Å². The zero-order chi connectivity index (χ0) is 19.9. The van der Waals surface area contributed by atoms with Gasteiger partial charge in [-0.3, -0.25) is 9.10 Å². The van der Waals surface area contributed by atoms with E-state index in [4.69, 9.17) is 5.73 Å². The van der Waals surface area contributed by atoms with E-state index in [1.807, 2.05) is 24.3 Å². The van der Waals surface area contributed by atoms with E-state index in [2.05, 4.69) is 12.1 Å². The van der Waals surface area contributed by atoms with E-state index in [9.17, 15) is 13.2 Å². The van der Waals surface area contributed by atoms with Gasteiger partial charge in [-0.25, -0.2) is 8.42 Å². The molecule has 0 radical (unpaired) electrons. The topological polar surface area (TPSA) is 83.7 Å². The van der Waals surface area contributed by atoms with E-state index < -0.39 is 10.0 Å². The smallest absolute Gasteiger partial charge is 0.253 e. The Morgan fingerprint density at radius 2 is 1.86 bits per heavy atom. The Morgan fingerprint density at radius 3 is 2.57 bits per heavy atom. The van der Waals surface area contributed by atoms with Crippen molar-refractivity contribution in [1.82, 2.24) is 4.90 Å². The number of nitrogens with zero attached hydrogens (tertiary/aromatic N) is 2. The molecule has 0 aromatic heterocycles. The molecule has 6 nitrogen and oxygen atoms in total. The van der Waals surface area contributed by atoms with Crippen molar-refractivity contribution < 1.29 is 13.2 Å². The Morgan fingerprint density at radius 1 is 1.11 bits per heavy atom. The lowest BCUT2D eigenvalue weighted by molar-refractivity contribution is 0.0789. The summed E-state index contributed by atoms with van der Waals surface area (Å²) in [7, 11) is -3.31. The minimum absolute atomic E-state index is 0.0480. The summed E-state index contributed by atoms with van der Waals surface area (Å²) in [6.45, 7) is 1.60. The van der Waals surface area contributed by atoms with Crippen LogP contribution < -0.4 is 10.0 Å². The number of nitrogens with two attached hydrogens (primary N) is 1. The average molecular weight is 400 g/mol. The van der Waals surface area contributed by atoms with Crippen molar-refractivity contribution in [1.29, 1.82) is 0 Å². The van der Waals surface area contributed by atoms with Gasteiger partial charge >= 0.3 is 0 Å². The molecule has 148 valence electrons. The summed E-state index contributed by atoms with van der Waals surface area (Å²) < 4.78 is 25.5. The standard InChI is InChI=1S/C21H25N3O3S/c1-28(26,27)24-11-5-8-16-12-17(9-10-20(16)24)21(25)23-13-18(19(22)14-23)15-6-3-2-4-7-15/h2-4,6-7,9-10,12,18-19H,5,8,11,13-14,22H2,1H3/t18-,19+/m0/s1. The highest BCUT2D eigenvalue weighted by molar-refractivity contribution is 7.92. The van der Waals surface area contributed by atoms with Gasteiger partial charge in [0.15, 0.2) is 0 Å². The highest BCUT2D eigenvalue weighted by Gasteiger charge is 2.34. The second kappa shape index (κ2) is 7.22. The molecule has 1 fully saturated rings. The second-order valence-corrected chi connectivity index (χ2v) is 9.58. The third-order valence-electron chi connectivity index (χ3n) is 5.68. The molecule has 0 unspecified atom stereocenters. The molecule has 7 heteroatoms. The van der Waals surface area contributed by atoms with Crippen LogP contribution >= 0.6 is 0 Å². The molecule has 2 aliphatic heterocycles.